The second kappa shape index (κ2) is 8.86. The molecule has 1 saturated heterocycles. The summed E-state index contributed by atoms with van der Waals surface area (Å²) in [5, 5.41) is 3.15. The van der Waals surface area contributed by atoms with Gasteiger partial charge in [0, 0.05) is 12.1 Å². The predicted octanol–water partition coefficient (Wildman–Crippen LogP) is 3.96. The molecule has 1 unspecified atom stereocenters. The Bertz CT molecular complexity index is 738. The first kappa shape index (κ1) is 18.5. The predicted molar refractivity (Wildman–Crippen MR) is 105 cm³/mol. The number of benzene rings is 2. The third-order valence-corrected chi connectivity index (χ3v) is 5.16. The molecule has 1 atom stereocenters. The largest absolute Gasteiger partial charge is 0.497 e. The Morgan fingerprint density at radius 2 is 1.88 bits per heavy atom. The molecule has 3 rings (SSSR count). The fraction of sp³-hybridized carbons (Fsp3) is 0.409. The number of aryl methyl sites for hydroxylation is 1. The van der Waals surface area contributed by atoms with Gasteiger partial charge in [-0.05, 0) is 62.2 Å². The zero-order valence-electron chi connectivity index (χ0n) is 15.7. The van der Waals surface area contributed by atoms with Crippen LogP contribution in [-0.2, 0) is 0 Å². The van der Waals surface area contributed by atoms with E-state index in [2.05, 4.69) is 22.3 Å². The van der Waals surface area contributed by atoms with Crippen molar-refractivity contribution in [2.45, 2.75) is 32.2 Å². The van der Waals surface area contributed by atoms with E-state index in [9.17, 15) is 4.79 Å². The number of carbonyl (C=O) groups is 1. The molecule has 1 fully saturated rings. The summed E-state index contributed by atoms with van der Waals surface area (Å²) >= 11 is 0. The van der Waals surface area contributed by atoms with Crippen LogP contribution in [-0.4, -0.2) is 37.6 Å². The number of ether oxygens (including phenoxy) is 1. The van der Waals surface area contributed by atoms with Crippen LogP contribution in [0.25, 0.3) is 0 Å². The molecule has 0 bridgehead atoms. The van der Waals surface area contributed by atoms with Gasteiger partial charge in [-0.3, -0.25) is 9.69 Å². The second-order valence-electron chi connectivity index (χ2n) is 6.91. The van der Waals surface area contributed by atoms with Crippen molar-refractivity contribution in [2.24, 2.45) is 0 Å². The van der Waals surface area contributed by atoms with Gasteiger partial charge in [-0.15, -0.1) is 0 Å². The Labute approximate surface area is 156 Å². The van der Waals surface area contributed by atoms with Crippen molar-refractivity contribution >= 4 is 5.91 Å². The number of hydrogen-bond acceptors (Lipinski definition) is 3. The average molecular weight is 352 g/mol. The zero-order valence-corrected chi connectivity index (χ0v) is 15.7. The first-order valence-corrected chi connectivity index (χ1v) is 9.41. The highest BCUT2D eigenvalue weighted by Gasteiger charge is 2.23. The van der Waals surface area contributed by atoms with Gasteiger partial charge in [-0.1, -0.05) is 36.8 Å². The molecule has 4 nitrogen and oxygen atoms in total. The van der Waals surface area contributed by atoms with E-state index in [4.69, 9.17) is 4.74 Å². The summed E-state index contributed by atoms with van der Waals surface area (Å²) in [5.41, 5.74) is 2.94. The van der Waals surface area contributed by atoms with E-state index in [0.29, 0.717) is 6.54 Å². The molecule has 0 spiro atoms. The van der Waals surface area contributed by atoms with E-state index in [1.54, 1.807) is 7.11 Å². The second-order valence-corrected chi connectivity index (χ2v) is 6.91. The molecule has 26 heavy (non-hydrogen) atoms. The summed E-state index contributed by atoms with van der Waals surface area (Å²) in [5.74, 6) is 0.850. The number of carbonyl (C=O) groups excluding carboxylic acids is 1. The summed E-state index contributed by atoms with van der Waals surface area (Å²) < 4.78 is 5.40. The number of hydrogen-bond donors (Lipinski definition) is 1. The van der Waals surface area contributed by atoms with Crippen LogP contribution in [0.15, 0.2) is 48.5 Å². The van der Waals surface area contributed by atoms with Crippen LogP contribution in [0.1, 0.15) is 46.8 Å². The minimum Gasteiger partial charge on any atom is -0.497 e. The van der Waals surface area contributed by atoms with Gasteiger partial charge in [0.1, 0.15) is 5.75 Å². The van der Waals surface area contributed by atoms with E-state index in [1.165, 1.54) is 24.8 Å². The zero-order chi connectivity index (χ0) is 18.4. The SMILES string of the molecule is COc1cccc(C(CNC(=O)c2ccccc2C)N2CCCCC2)c1. The topological polar surface area (TPSA) is 41.6 Å². The normalized spacial score (nSPS) is 16.1. The molecule has 0 aromatic heterocycles. The Morgan fingerprint density at radius 1 is 1.12 bits per heavy atom. The number of piperidine rings is 1. The van der Waals surface area contributed by atoms with Crippen LogP contribution in [0.4, 0.5) is 0 Å². The molecular formula is C22H28N2O2. The van der Waals surface area contributed by atoms with Crippen LogP contribution in [0, 0.1) is 6.92 Å². The first-order valence-electron chi connectivity index (χ1n) is 9.41. The molecule has 138 valence electrons. The monoisotopic (exact) mass is 352 g/mol. The smallest absolute Gasteiger partial charge is 0.251 e. The Kier molecular flexibility index (Phi) is 6.29. The van der Waals surface area contributed by atoms with E-state index in [1.807, 2.05) is 43.3 Å². The maximum Gasteiger partial charge on any atom is 0.251 e. The molecular weight excluding hydrogens is 324 g/mol. The van der Waals surface area contributed by atoms with Crippen molar-refractivity contribution in [1.82, 2.24) is 10.2 Å². The van der Waals surface area contributed by atoms with Gasteiger partial charge in [-0.2, -0.15) is 0 Å². The van der Waals surface area contributed by atoms with E-state index < -0.39 is 0 Å². The Hall–Kier alpha value is -2.33. The molecule has 1 N–H and O–H groups in total. The highest BCUT2D eigenvalue weighted by atomic mass is 16.5. The molecule has 2 aromatic carbocycles. The number of likely N-dealkylation sites (tertiary alicyclic amines) is 1. The van der Waals surface area contributed by atoms with Gasteiger partial charge >= 0.3 is 0 Å². The summed E-state index contributed by atoms with van der Waals surface area (Å²) in [6.45, 7) is 4.71. The summed E-state index contributed by atoms with van der Waals surface area (Å²) in [7, 11) is 1.69. The van der Waals surface area contributed by atoms with Gasteiger partial charge in [0.15, 0.2) is 0 Å². The minimum atomic E-state index is -0.00648. The van der Waals surface area contributed by atoms with Gasteiger partial charge in [0.05, 0.1) is 13.2 Å². The van der Waals surface area contributed by atoms with Crippen LogP contribution >= 0.6 is 0 Å². The van der Waals surface area contributed by atoms with Crippen molar-refractivity contribution in [1.29, 1.82) is 0 Å². The fourth-order valence-corrected chi connectivity index (χ4v) is 3.65. The number of rotatable bonds is 6. The van der Waals surface area contributed by atoms with Crippen molar-refractivity contribution < 1.29 is 9.53 Å². The van der Waals surface area contributed by atoms with Crippen molar-refractivity contribution in [3.8, 4) is 5.75 Å². The van der Waals surface area contributed by atoms with E-state index in [-0.39, 0.29) is 11.9 Å². The molecule has 0 aliphatic carbocycles. The van der Waals surface area contributed by atoms with Gasteiger partial charge in [0.2, 0.25) is 0 Å². The quantitative estimate of drug-likeness (QED) is 0.855. The lowest BCUT2D eigenvalue weighted by molar-refractivity contribution is 0.0924. The summed E-state index contributed by atoms with van der Waals surface area (Å²) in [6.07, 6.45) is 3.72. The molecule has 4 heteroatoms. The van der Waals surface area contributed by atoms with Crippen molar-refractivity contribution in [3.05, 3.63) is 65.2 Å². The maximum absolute atomic E-state index is 12.7. The Balaban J connectivity index is 1.77. The molecule has 1 amide bonds. The number of nitrogens with one attached hydrogen (secondary N) is 1. The van der Waals surface area contributed by atoms with Gasteiger partial charge < -0.3 is 10.1 Å². The molecule has 2 aromatic rings. The maximum atomic E-state index is 12.7. The first-order chi connectivity index (χ1) is 12.7. The lowest BCUT2D eigenvalue weighted by Gasteiger charge is -2.35. The third kappa shape index (κ3) is 4.44. The highest BCUT2D eigenvalue weighted by Crippen LogP contribution is 2.27. The van der Waals surface area contributed by atoms with Crippen molar-refractivity contribution in [2.75, 3.05) is 26.7 Å². The molecule has 1 heterocycles. The molecule has 0 saturated carbocycles. The number of amides is 1. The standard InChI is InChI=1S/C22H28N2O2/c1-17-9-4-5-12-20(17)22(25)23-16-21(24-13-6-3-7-14-24)18-10-8-11-19(15-18)26-2/h4-5,8-12,15,21H,3,6-7,13-14,16H2,1-2H3,(H,23,25). The van der Waals surface area contributed by atoms with Crippen LogP contribution in [0.3, 0.4) is 0 Å². The van der Waals surface area contributed by atoms with Crippen molar-refractivity contribution in [3.63, 3.8) is 0 Å². The lowest BCUT2D eigenvalue weighted by Crippen LogP contribution is -2.40. The van der Waals surface area contributed by atoms with Gasteiger partial charge in [-0.25, -0.2) is 0 Å². The third-order valence-electron chi connectivity index (χ3n) is 5.16. The number of nitrogens with zero attached hydrogens (tertiary/aromatic N) is 1. The van der Waals surface area contributed by atoms with Crippen LogP contribution in [0.5, 0.6) is 5.75 Å². The Morgan fingerprint density at radius 3 is 2.62 bits per heavy atom. The number of methoxy groups -OCH3 is 1. The van der Waals surface area contributed by atoms with Gasteiger partial charge in [0.25, 0.3) is 5.91 Å². The molecule has 1 aliphatic heterocycles. The van der Waals surface area contributed by atoms with E-state index >= 15 is 0 Å². The minimum absolute atomic E-state index is 0.00648. The van der Waals surface area contributed by atoms with Crippen LogP contribution in [0.2, 0.25) is 0 Å². The van der Waals surface area contributed by atoms with E-state index in [0.717, 1.165) is 30.0 Å². The fourth-order valence-electron chi connectivity index (χ4n) is 3.65. The summed E-state index contributed by atoms with van der Waals surface area (Å²) in [4.78, 5) is 15.1. The van der Waals surface area contributed by atoms with Crippen LogP contribution < -0.4 is 10.1 Å². The summed E-state index contributed by atoms with van der Waals surface area (Å²) in [6, 6.07) is 16.1. The molecule has 1 aliphatic rings. The molecule has 0 radical (unpaired) electrons. The highest BCUT2D eigenvalue weighted by molar-refractivity contribution is 5.95. The lowest BCUT2D eigenvalue weighted by atomic mass is 10.0. The average Bonchev–Trinajstić information content (AvgIpc) is 2.69.